The lowest BCUT2D eigenvalue weighted by molar-refractivity contribution is -0.127. The second-order valence-electron chi connectivity index (χ2n) is 10.2. The number of amides is 2. The topological polar surface area (TPSA) is 67.2 Å². The highest BCUT2D eigenvalue weighted by atomic mass is 32.1. The van der Waals surface area contributed by atoms with E-state index in [2.05, 4.69) is 12.2 Å². The molecule has 6 nitrogen and oxygen atoms in total. The molecule has 1 atom stereocenters. The summed E-state index contributed by atoms with van der Waals surface area (Å²) in [5.41, 5.74) is 3.20. The molecule has 1 N–H and O–H groups in total. The molecule has 3 aromatic rings. The number of hydrogen-bond donors (Lipinski definition) is 1. The van der Waals surface area contributed by atoms with Gasteiger partial charge in [-0.25, -0.2) is 0 Å². The van der Waals surface area contributed by atoms with Crippen molar-refractivity contribution in [3.05, 3.63) is 58.6 Å². The lowest BCUT2D eigenvalue weighted by Crippen LogP contribution is -2.65. The molecule has 35 heavy (non-hydrogen) atoms. The van der Waals surface area contributed by atoms with Gasteiger partial charge in [-0.2, -0.15) is 5.10 Å². The largest absolute Gasteiger partial charge is 0.351 e. The number of benzene rings is 1. The van der Waals surface area contributed by atoms with Gasteiger partial charge in [0.2, 0.25) is 5.91 Å². The van der Waals surface area contributed by atoms with E-state index in [4.69, 9.17) is 5.10 Å². The number of thiophene rings is 1. The summed E-state index contributed by atoms with van der Waals surface area (Å²) in [6.07, 6.45) is 7.98. The fourth-order valence-corrected chi connectivity index (χ4v) is 6.02. The van der Waals surface area contributed by atoms with E-state index in [0.29, 0.717) is 12.2 Å². The van der Waals surface area contributed by atoms with E-state index >= 15 is 0 Å². The Labute approximate surface area is 211 Å². The highest BCUT2D eigenvalue weighted by Crippen LogP contribution is 2.36. The minimum Gasteiger partial charge on any atom is -0.351 e. The third-order valence-electron chi connectivity index (χ3n) is 7.61. The van der Waals surface area contributed by atoms with Crippen LogP contribution in [0.2, 0.25) is 0 Å². The van der Waals surface area contributed by atoms with Crippen LogP contribution in [0.5, 0.6) is 0 Å². The number of nitrogens with zero attached hydrogens (tertiary/aromatic N) is 3. The Hall–Kier alpha value is -2.93. The zero-order valence-corrected chi connectivity index (χ0v) is 21.7. The number of hydrogen-bond acceptors (Lipinski definition) is 4. The summed E-state index contributed by atoms with van der Waals surface area (Å²) in [7, 11) is 0. The first-order valence-electron chi connectivity index (χ1n) is 12.7. The van der Waals surface area contributed by atoms with E-state index in [1.54, 1.807) is 20.9 Å². The third kappa shape index (κ3) is 4.54. The maximum Gasteiger partial charge on any atom is 0.277 e. The van der Waals surface area contributed by atoms with Crippen molar-refractivity contribution in [2.24, 2.45) is 0 Å². The molecule has 1 saturated carbocycles. The number of aromatic nitrogens is 2. The van der Waals surface area contributed by atoms with E-state index in [9.17, 15) is 9.59 Å². The van der Waals surface area contributed by atoms with E-state index in [0.717, 1.165) is 53.1 Å². The van der Waals surface area contributed by atoms with Crippen molar-refractivity contribution in [2.75, 3.05) is 4.90 Å². The monoisotopic (exact) mass is 490 g/mol. The quantitative estimate of drug-likeness (QED) is 0.497. The molecule has 1 aliphatic heterocycles. The lowest BCUT2D eigenvalue weighted by atomic mass is 9.91. The maximum absolute atomic E-state index is 14.0. The number of aryl methyl sites for hydroxylation is 2. The lowest BCUT2D eigenvalue weighted by Gasteiger charge is -2.44. The van der Waals surface area contributed by atoms with Crippen LogP contribution in [0.1, 0.15) is 73.5 Å². The van der Waals surface area contributed by atoms with E-state index in [1.807, 2.05) is 55.6 Å². The second-order valence-corrected chi connectivity index (χ2v) is 11.2. The molecule has 3 heterocycles. The van der Waals surface area contributed by atoms with Crippen LogP contribution in [0.3, 0.4) is 0 Å². The first-order chi connectivity index (χ1) is 16.9. The van der Waals surface area contributed by atoms with Gasteiger partial charge in [0.15, 0.2) is 0 Å². The molecule has 184 valence electrons. The standard InChI is InChI=1S/C28H34N4O2S/c1-19-13-14-22(16-20(19)2)32-26(33)24-17-23(25-12-9-15-35-25)30-31(24)18-28(32,3)27(34)29-21-10-7-5-4-6-8-11-21/h9,12-17,21H,4-8,10-11,18H2,1-3H3,(H,29,34)/t28-/m0/s1. The van der Waals surface area contributed by atoms with Crippen LogP contribution in [0.4, 0.5) is 5.69 Å². The van der Waals surface area contributed by atoms with Crippen molar-refractivity contribution in [3.63, 3.8) is 0 Å². The summed E-state index contributed by atoms with van der Waals surface area (Å²) in [6.45, 7) is 6.29. The molecule has 1 aliphatic carbocycles. The molecule has 5 rings (SSSR count). The maximum atomic E-state index is 14.0. The van der Waals surface area contributed by atoms with Crippen LogP contribution in [-0.2, 0) is 11.3 Å². The Kier molecular flexibility index (Phi) is 6.53. The Bertz CT molecular complexity index is 1220. The zero-order valence-electron chi connectivity index (χ0n) is 20.8. The van der Waals surface area contributed by atoms with Gasteiger partial charge in [0.1, 0.15) is 16.9 Å². The Morgan fingerprint density at radius 1 is 1.06 bits per heavy atom. The van der Waals surface area contributed by atoms with E-state index < -0.39 is 5.54 Å². The van der Waals surface area contributed by atoms with Crippen molar-refractivity contribution in [3.8, 4) is 10.6 Å². The molecule has 1 aromatic carbocycles. The van der Waals surface area contributed by atoms with Gasteiger partial charge >= 0.3 is 0 Å². The molecule has 0 saturated heterocycles. The number of carbonyl (C=O) groups is 2. The number of carbonyl (C=O) groups excluding carboxylic acids is 2. The van der Waals surface area contributed by atoms with Crippen LogP contribution in [0, 0.1) is 13.8 Å². The third-order valence-corrected chi connectivity index (χ3v) is 8.50. The molecule has 2 aliphatic rings. The Morgan fingerprint density at radius 3 is 2.49 bits per heavy atom. The minimum atomic E-state index is -1.09. The smallest absolute Gasteiger partial charge is 0.277 e. The number of nitrogens with one attached hydrogen (secondary N) is 1. The van der Waals surface area contributed by atoms with E-state index in [1.165, 1.54) is 19.3 Å². The van der Waals surface area contributed by atoms with Gasteiger partial charge in [0.25, 0.3) is 5.91 Å². The molecule has 0 radical (unpaired) electrons. The normalized spacial score (nSPS) is 21.3. The number of anilines is 1. The molecule has 0 spiro atoms. The molecule has 0 bridgehead atoms. The average molecular weight is 491 g/mol. The van der Waals surface area contributed by atoms with Crippen LogP contribution >= 0.6 is 11.3 Å². The first-order valence-corrected chi connectivity index (χ1v) is 13.6. The summed E-state index contributed by atoms with van der Waals surface area (Å²) in [5.74, 6) is -0.293. The van der Waals surface area contributed by atoms with Crippen molar-refractivity contribution in [2.45, 2.75) is 83.8 Å². The second kappa shape index (κ2) is 9.61. The van der Waals surface area contributed by atoms with Gasteiger partial charge in [-0.05, 0) is 74.4 Å². The Balaban J connectivity index is 1.54. The summed E-state index contributed by atoms with van der Waals surface area (Å²) in [5, 5.41) is 10.1. The van der Waals surface area contributed by atoms with Crippen molar-refractivity contribution < 1.29 is 9.59 Å². The number of fused-ring (bicyclic) bond motifs is 1. The molecule has 2 amide bonds. The summed E-state index contributed by atoms with van der Waals surface area (Å²) in [6, 6.07) is 12.0. The van der Waals surface area contributed by atoms with Gasteiger partial charge in [-0.15, -0.1) is 11.3 Å². The summed E-state index contributed by atoms with van der Waals surface area (Å²) in [4.78, 5) is 30.7. The number of rotatable bonds is 4. The predicted molar refractivity (Wildman–Crippen MR) is 141 cm³/mol. The average Bonchev–Trinajstić information content (AvgIpc) is 3.48. The summed E-state index contributed by atoms with van der Waals surface area (Å²) < 4.78 is 1.73. The van der Waals surface area contributed by atoms with Gasteiger partial charge in [-0.1, -0.05) is 44.2 Å². The molecule has 1 fully saturated rings. The van der Waals surface area contributed by atoms with Gasteiger partial charge in [0, 0.05) is 11.7 Å². The minimum absolute atomic E-state index is 0.103. The first kappa shape index (κ1) is 23.8. The zero-order chi connectivity index (χ0) is 24.6. The molecule has 0 unspecified atom stereocenters. The SMILES string of the molecule is Cc1ccc(N2C(=O)c3cc(-c4cccs4)nn3C[C@@]2(C)C(=O)NC2CCCCCCC2)cc1C. The summed E-state index contributed by atoms with van der Waals surface area (Å²) >= 11 is 1.59. The Morgan fingerprint density at radius 2 is 1.80 bits per heavy atom. The highest BCUT2D eigenvalue weighted by Gasteiger charge is 2.49. The fourth-order valence-electron chi connectivity index (χ4n) is 5.34. The molecular formula is C28H34N4O2S. The van der Waals surface area contributed by atoms with Gasteiger partial charge in [0.05, 0.1) is 11.4 Å². The van der Waals surface area contributed by atoms with Crippen LogP contribution in [-0.4, -0.2) is 33.2 Å². The molecule has 7 heteroatoms. The van der Waals surface area contributed by atoms with Crippen LogP contribution < -0.4 is 10.2 Å². The van der Waals surface area contributed by atoms with E-state index in [-0.39, 0.29) is 17.9 Å². The van der Waals surface area contributed by atoms with Gasteiger partial charge in [-0.3, -0.25) is 19.2 Å². The van der Waals surface area contributed by atoms with Crippen LogP contribution in [0.15, 0.2) is 41.8 Å². The van der Waals surface area contributed by atoms with Crippen molar-refractivity contribution in [1.29, 1.82) is 0 Å². The van der Waals surface area contributed by atoms with Gasteiger partial charge < -0.3 is 5.32 Å². The van der Waals surface area contributed by atoms with Crippen molar-refractivity contribution in [1.82, 2.24) is 15.1 Å². The fraction of sp³-hybridized carbons (Fsp3) is 0.464. The van der Waals surface area contributed by atoms with Crippen LogP contribution in [0.25, 0.3) is 10.6 Å². The highest BCUT2D eigenvalue weighted by molar-refractivity contribution is 7.13. The predicted octanol–water partition coefficient (Wildman–Crippen LogP) is 5.88. The molecule has 2 aromatic heterocycles. The van der Waals surface area contributed by atoms with Crippen molar-refractivity contribution >= 4 is 28.8 Å². The molecular weight excluding hydrogens is 456 g/mol.